The van der Waals surface area contributed by atoms with Crippen LogP contribution in [0.4, 0.5) is 20.3 Å². The van der Waals surface area contributed by atoms with Crippen LogP contribution in [0.25, 0.3) is 32.9 Å². The van der Waals surface area contributed by atoms with Gasteiger partial charge in [-0.2, -0.15) is 9.97 Å². The SMILES string of the molecule is C#Cc1c(F)ccc2cc(O)cc(-c3ncc4c(N5CC6CCC(C5)N6)nc(OCCC5CCCN5C(=O)CCCNc5cccc6c5C(=O)N(C5CCC(=O)NC5=O)C6=O)nc4c3F)c12. The van der Waals surface area contributed by atoms with Crippen molar-refractivity contribution in [3.8, 4) is 35.4 Å². The number of aromatic hydroxyl groups is 1. The van der Waals surface area contributed by atoms with Crippen LogP contribution in [-0.4, -0.2) is 116 Å². The number of phenols is 1. The first kappa shape index (κ1) is 42.7. The Morgan fingerprint density at radius 2 is 1.82 bits per heavy atom. The van der Waals surface area contributed by atoms with Crippen molar-refractivity contribution in [2.45, 2.75) is 82.0 Å². The number of piperazine rings is 1. The fourth-order valence-corrected chi connectivity index (χ4v) is 10.3. The minimum absolute atomic E-state index is 0.0218. The number of pyridine rings is 1. The van der Waals surface area contributed by atoms with Crippen LogP contribution in [0.1, 0.15) is 84.1 Å². The molecule has 16 nitrogen and oxygen atoms in total. The van der Waals surface area contributed by atoms with Crippen LogP contribution in [0.15, 0.2) is 48.7 Å². The van der Waals surface area contributed by atoms with Crippen LogP contribution >= 0.6 is 0 Å². The largest absolute Gasteiger partial charge is 0.508 e. The number of terminal acetylenes is 1. The highest BCUT2D eigenvalue weighted by Crippen LogP contribution is 2.40. The number of hydrogen-bond acceptors (Lipinski definition) is 13. The summed E-state index contributed by atoms with van der Waals surface area (Å²) in [6.07, 6.45) is 12.0. The summed E-state index contributed by atoms with van der Waals surface area (Å²) in [5, 5.41) is 20.7. The van der Waals surface area contributed by atoms with E-state index in [1.165, 1.54) is 36.5 Å². The maximum atomic E-state index is 17.0. The number of carbonyl (C=O) groups is 5. The molecule has 338 valence electrons. The Kier molecular flexibility index (Phi) is 11.2. The van der Waals surface area contributed by atoms with E-state index in [1.54, 1.807) is 12.1 Å². The van der Waals surface area contributed by atoms with Gasteiger partial charge in [0, 0.05) is 86.4 Å². The van der Waals surface area contributed by atoms with Gasteiger partial charge in [0.1, 0.15) is 34.6 Å². The molecule has 0 saturated carbocycles. The van der Waals surface area contributed by atoms with E-state index in [-0.39, 0.29) is 101 Å². The van der Waals surface area contributed by atoms with Crippen LogP contribution in [-0.2, 0) is 14.4 Å². The summed E-state index contributed by atoms with van der Waals surface area (Å²) in [7, 11) is 0. The van der Waals surface area contributed by atoms with Crippen LogP contribution in [0, 0.1) is 24.0 Å². The van der Waals surface area contributed by atoms with Crippen LogP contribution < -0.4 is 25.6 Å². The summed E-state index contributed by atoms with van der Waals surface area (Å²) in [4.78, 5) is 83.3. The maximum absolute atomic E-state index is 17.0. The molecule has 4 saturated heterocycles. The number of ether oxygens (including phenoxy) is 1. The fourth-order valence-electron chi connectivity index (χ4n) is 10.3. The summed E-state index contributed by atoms with van der Waals surface area (Å²) < 4.78 is 38.2. The van der Waals surface area contributed by atoms with Gasteiger partial charge < -0.3 is 30.3 Å². The molecule has 4 fully saturated rings. The van der Waals surface area contributed by atoms with Crippen molar-refractivity contribution in [3.05, 3.63) is 77.0 Å². The molecule has 3 aromatic carbocycles. The first-order valence-corrected chi connectivity index (χ1v) is 22.3. The lowest BCUT2D eigenvalue weighted by molar-refractivity contribution is -0.136. The molecule has 5 aliphatic heterocycles. The van der Waals surface area contributed by atoms with E-state index in [9.17, 15) is 33.5 Å². The Morgan fingerprint density at radius 1 is 1.00 bits per heavy atom. The van der Waals surface area contributed by atoms with E-state index in [2.05, 4.69) is 36.7 Å². The van der Waals surface area contributed by atoms with Crippen LogP contribution in [0.2, 0.25) is 0 Å². The zero-order valence-corrected chi connectivity index (χ0v) is 35.7. The molecule has 0 spiro atoms. The molecule has 4 unspecified atom stereocenters. The predicted octanol–water partition coefficient (Wildman–Crippen LogP) is 4.80. The number of nitrogens with zero attached hydrogens (tertiary/aromatic N) is 6. The molecule has 5 aromatic rings. The molecule has 4 N–H and O–H groups in total. The van der Waals surface area contributed by atoms with Gasteiger partial charge in [-0.3, -0.25) is 39.2 Å². The predicted molar refractivity (Wildman–Crippen MR) is 238 cm³/mol. The van der Waals surface area contributed by atoms with Gasteiger partial charge in [-0.1, -0.05) is 18.1 Å². The summed E-state index contributed by atoms with van der Waals surface area (Å²) in [5.41, 5.74) is 0.522. The summed E-state index contributed by atoms with van der Waals surface area (Å²) >= 11 is 0. The average Bonchev–Trinajstić information content (AvgIpc) is 3.99. The number of fused-ring (bicyclic) bond motifs is 5. The van der Waals surface area contributed by atoms with Crippen molar-refractivity contribution in [3.63, 3.8) is 0 Å². The molecule has 4 atom stereocenters. The fraction of sp³-hybridized carbons (Fsp3) is 0.375. The van der Waals surface area contributed by atoms with E-state index in [4.69, 9.17) is 16.1 Å². The molecule has 10 rings (SSSR count). The number of aromatic nitrogens is 3. The minimum Gasteiger partial charge on any atom is -0.508 e. The van der Waals surface area contributed by atoms with Crippen molar-refractivity contribution in [1.82, 2.24) is 35.4 Å². The monoisotopic (exact) mass is 897 g/mol. The molecule has 7 heterocycles. The molecule has 66 heavy (non-hydrogen) atoms. The molecule has 5 amide bonds. The lowest BCUT2D eigenvalue weighted by Crippen LogP contribution is -2.54. The number of nitrogens with one attached hydrogen (secondary N) is 3. The van der Waals surface area contributed by atoms with Crippen molar-refractivity contribution in [2.75, 3.05) is 43.0 Å². The second-order valence-corrected chi connectivity index (χ2v) is 17.4. The molecule has 18 heteroatoms. The first-order valence-electron chi connectivity index (χ1n) is 22.3. The van der Waals surface area contributed by atoms with Crippen LogP contribution in [0.5, 0.6) is 11.8 Å². The van der Waals surface area contributed by atoms with Gasteiger partial charge in [0.25, 0.3) is 11.8 Å². The van der Waals surface area contributed by atoms with Gasteiger partial charge in [0.2, 0.25) is 17.7 Å². The number of anilines is 2. The van der Waals surface area contributed by atoms with E-state index in [0.29, 0.717) is 61.3 Å². The van der Waals surface area contributed by atoms with Crippen molar-refractivity contribution < 1.29 is 42.6 Å². The molecular weight excluding hydrogens is 853 g/mol. The smallest absolute Gasteiger partial charge is 0.319 e. The number of benzene rings is 3. The number of hydrogen-bond donors (Lipinski definition) is 4. The van der Waals surface area contributed by atoms with Gasteiger partial charge in [-0.25, -0.2) is 8.78 Å². The summed E-state index contributed by atoms with van der Waals surface area (Å²) in [6, 6.07) is 9.45. The van der Waals surface area contributed by atoms with Crippen molar-refractivity contribution >= 4 is 62.7 Å². The summed E-state index contributed by atoms with van der Waals surface area (Å²) in [5.74, 6) is -1.21. The van der Waals surface area contributed by atoms with E-state index in [0.717, 1.165) is 30.6 Å². The van der Waals surface area contributed by atoms with Gasteiger partial charge in [0.05, 0.1) is 28.7 Å². The Labute approximate surface area is 377 Å². The third kappa shape index (κ3) is 7.66. The zero-order valence-electron chi connectivity index (χ0n) is 35.7. The quantitative estimate of drug-likeness (QED) is 0.0757. The number of phenolic OH excluding ortho intramolecular Hbond substituents is 1. The van der Waals surface area contributed by atoms with E-state index >= 15 is 4.39 Å². The third-order valence-electron chi connectivity index (χ3n) is 13.3. The zero-order chi connectivity index (χ0) is 45.8. The van der Waals surface area contributed by atoms with Crippen LogP contribution in [0.3, 0.4) is 0 Å². The third-order valence-corrected chi connectivity index (χ3v) is 13.3. The molecule has 0 aliphatic carbocycles. The van der Waals surface area contributed by atoms with E-state index in [1.807, 2.05) is 4.90 Å². The minimum atomic E-state index is -1.07. The normalized spacial score (nSPS) is 21.4. The highest BCUT2D eigenvalue weighted by Gasteiger charge is 2.45. The standard InChI is InChI=1S/C48H45F2N9O7/c1-2-30-34(49)13-10-25-20-29(60)21-32(39(25)30)42-41(50)43-33(22-52-42)44(57-23-26-11-12-27(24-57)53-26)56-48(55-43)66-19-16-28-6-5-18-58(28)38(62)9-4-17-51-35-8-3-7-31-40(35)47(65)59(46(31)64)36-14-15-37(61)54-45(36)63/h1,3,7-8,10,13,20-22,26-28,36,51,53,60H,4-6,9,11-12,14-19,23-24H2,(H,54,61,63). The molecule has 5 aliphatic rings. The Balaban J connectivity index is 0.825. The first-order chi connectivity index (χ1) is 32.0. The van der Waals surface area contributed by atoms with Gasteiger partial charge in [-0.05, 0) is 74.2 Å². The number of carbonyl (C=O) groups excluding carboxylic acids is 5. The van der Waals surface area contributed by atoms with Crippen molar-refractivity contribution in [1.29, 1.82) is 0 Å². The number of amides is 5. The molecule has 2 aromatic heterocycles. The number of imide groups is 2. The van der Waals surface area contributed by atoms with E-state index < -0.39 is 41.3 Å². The summed E-state index contributed by atoms with van der Waals surface area (Å²) in [6.45, 7) is 2.31. The average molecular weight is 898 g/mol. The highest BCUT2D eigenvalue weighted by molar-refractivity contribution is 6.25. The number of halogens is 2. The maximum Gasteiger partial charge on any atom is 0.319 e. The number of piperidine rings is 1. The Bertz CT molecular complexity index is 2910. The molecule has 0 radical (unpaired) electrons. The Hall–Kier alpha value is -7.26. The topological polar surface area (TPSA) is 199 Å². The Morgan fingerprint density at radius 3 is 2.61 bits per heavy atom. The number of rotatable bonds is 12. The second kappa shape index (κ2) is 17.3. The molecule has 2 bridgehead atoms. The van der Waals surface area contributed by atoms with Gasteiger partial charge in [0.15, 0.2) is 5.82 Å². The van der Waals surface area contributed by atoms with Crippen molar-refractivity contribution in [2.24, 2.45) is 0 Å². The number of likely N-dealkylation sites (tertiary alicyclic amines) is 1. The van der Waals surface area contributed by atoms with Gasteiger partial charge >= 0.3 is 6.01 Å². The molecular formula is C48H45F2N9O7. The highest BCUT2D eigenvalue weighted by atomic mass is 19.1. The lowest BCUT2D eigenvalue weighted by atomic mass is 9.96. The lowest BCUT2D eigenvalue weighted by Gasteiger charge is -2.34. The van der Waals surface area contributed by atoms with Gasteiger partial charge in [-0.15, -0.1) is 6.42 Å². The second-order valence-electron chi connectivity index (χ2n) is 17.4.